The molecule has 1 aromatic rings. The molecule has 3 nitrogen and oxygen atoms in total. The van der Waals surface area contributed by atoms with E-state index in [9.17, 15) is 4.79 Å². The number of hydrogen-bond donors (Lipinski definition) is 0. The van der Waals surface area contributed by atoms with Crippen molar-refractivity contribution in [2.45, 2.75) is 44.6 Å². The molecular formula is C16H22O3. The van der Waals surface area contributed by atoms with Gasteiger partial charge in [-0.25, -0.2) is 0 Å². The maximum Gasteiger partial charge on any atom is 0.192 e. The third-order valence-corrected chi connectivity index (χ3v) is 3.66. The zero-order valence-electron chi connectivity index (χ0n) is 11.6. The molecule has 1 aliphatic rings. The van der Waals surface area contributed by atoms with Crippen molar-refractivity contribution in [3.05, 3.63) is 29.8 Å². The highest BCUT2D eigenvalue weighted by Crippen LogP contribution is 2.21. The van der Waals surface area contributed by atoms with Gasteiger partial charge in [0.05, 0.1) is 18.8 Å². The number of ketones is 1. The van der Waals surface area contributed by atoms with Crippen LogP contribution in [0.5, 0.6) is 5.75 Å². The Morgan fingerprint density at radius 1 is 1.16 bits per heavy atom. The van der Waals surface area contributed by atoms with E-state index in [1.54, 1.807) is 19.2 Å². The first-order valence-electron chi connectivity index (χ1n) is 7.09. The fraction of sp³-hybridized carbons (Fsp3) is 0.562. The quantitative estimate of drug-likeness (QED) is 0.600. The number of ether oxygens (including phenoxy) is 2. The van der Waals surface area contributed by atoms with Gasteiger partial charge < -0.3 is 9.47 Å². The number of methoxy groups -OCH3 is 1. The molecule has 0 spiro atoms. The summed E-state index contributed by atoms with van der Waals surface area (Å²) in [4.78, 5) is 12.1. The third-order valence-electron chi connectivity index (χ3n) is 3.66. The zero-order valence-corrected chi connectivity index (χ0v) is 11.6. The summed E-state index contributed by atoms with van der Waals surface area (Å²) in [5.41, 5.74) is 0.610. The molecule has 0 heterocycles. The van der Waals surface area contributed by atoms with Crippen LogP contribution in [0.15, 0.2) is 24.3 Å². The molecule has 0 aromatic heterocycles. The molecule has 1 aliphatic carbocycles. The average Bonchev–Trinajstić information content (AvgIpc) is 2.73. The van der Waals surface area contributed by atoms with Gasteiger partial charge in [0.15, 0.2) is 5.78 Å². The second kappa shape index (κ2) is 7.29. The van der Waals surface area contributed by atoms with Crippen LogP contribution < -0.4 is 4.74 Å². The molecule has 1 saturated carbocycles. The Morgan fingerprint density at radius 2 is 1.84 bits per heavy atom. The summed E-state index contributed by atoms with van der Waals surface area (Å²) in [5, 5.41) is 0. The highest BCUT2D eigenvalue weighted by Gasteiger charge is 2.16. The van der Waals surface area contributed by atoms with Gasteiger partial charge in [0.2, 0.25) is 0 Å². The van der Waals surface area contributed by atoms with Gasteiger partial charge in [0.1, 0.15) is 12.4 Å². The Labute approximate surface area is 114 Å². The van der Waals surface area contributed by atoms with E-state index >= 15 is 0 Å². The van der Waals surface area contributed by atoms with Crippen LogP contribution in [0.25, 0.3) is 0 Å². The van der Waals surface area contributed by atoms with Gasteiger partial charge in [-0.15, -0.1) is 0 Å². The summed E-state index contributed by atoms with van der Waals surface area (Å²) in [6.07, 6.45) is 7.43. The van der Waals surface area contributed by atoms with Crippen molar-refractivity contribution >= 4 is 5.78 Å². The Bertz CT molecular complexity index is 406. The lowest BCUT2D eigenvalue weighted by atomic mass is 10.1. The molecule has 0 amide bonds. The lowest BCUT2D eigenvalue weighted by Crippen LogP contribution is -2.18. The number of para-hydroxylation sites is 1. The summed E-state index contributed by atoms with van der Waals surface area (Å²) >= 11 is 0. The predicted octanol–water partition coefficient (Wildman–Crippen LogP) is 3.62. The van der Waals surface area contributed by atoms with E-state index in [1.807, 2.05) is 12.1 Å². The SMILES string of the molecule is COc1ccccc1C(=O)COC1CCCCCC1. The number of hydrogen-bond acceptors (Lipinski definition) is 3. The molecule has 0 atom stereocenters. The molecule has 104 valence electrons. The normalized spacial score (nSPS) is 16.9. The van der Waals surface area contributed by atoms with Crippen molar-refractivity contribution in [1.82, 2.24) is 0 Å². The van der Waals surface area contributed by atoms with E-state index in [2.05, 4.69) is 0 Å². The van der Waals surface area contributed by atoms with Crippen LogP contribution in [0, 0.1) is 0 Å². The molecule has 3 heteroatoms. The zero-order chi connectivity index (χ0) is 13.5. The van der Waals surface area contributed by atoms with Crippen molar-refractivity contribution in [3.8, 4) is 5.75 Å². The summed E-state index contributed by atoms with van der Waals surface area (Å²) < 4.78 is 11.0. The van der Waals surface area contributed by atoms with Crippen molar-refractivity contribution in [3.63, 3.8) is 0 Å². The summed E-state index contributed by atoms with van der Waals surface area (Å²) in [6, 6.07) is 7.31. The van der Waals surface area contributed by atoms with E-state index in [-0.39, 0.29) is 18.5 Å². The molecule has 19 heavy (non-hydrogen) atoms. The van der Waals surface area contributed by atoms with Crippen LogP contribution in [-0.2, 0) is 4.74 Å². The fourth-order valence-electron chi connectivity index (χ4n) is 2.55. The summed E-state index contributed by atoms with van der Waals surface area (Å²) in [6.45, 7) is 0.158. The third kappa shape index (κ3) is 4.06. The second-order valence-corrected chi connectivity index (χ2v) is 5.05. The van der Waals surface area contributed by atoms with Crippen molar-refractivity contribution < 1.29 is 14.3 Å². The molecular weight excluding hydrogens is 240 g/mol. The van der Waals surface area contributed by atoms with Crippen LogP contribution >= 0.6 is 0 Å². The lowest BCUT2D eigenvalue weighted by molar-refractivity contribution is 0.0387. The molecule has 1 aromatic carbocycles. The lowest BCUT2D eigenvalue weighted by Gasteiger charge is -2.15. The molecule has 0 aliphatic heterocycles. The minimum atomic E-state index is 0.00157. The van der Waals surface area contributed by atoms with E-state index in [4.69, 9.17) is 9.47 Å². The standard InChI is InChI=1S/C16H22O3/c1-18-16-11-7-6-10-14(16)15(17)12-19-13-8-4-2-3-5-9-13/h6-7,10-11,13H,2-5,8-9,12H2,1H3. The highest BCUT2D eigenvalue weighted by atomic mass is 16.5. The van der Waals surface area contributed by atoms with Crippen LogP contribution in [0.2, 0.25) is 0 Å². The largest absolute Gasteiger partial charge is 0.496 e. The molecule has 0 bridgehead atoms. The van der Waals surface area contributed by atoms with Gasteiger partial charge in [0.25, 0.3) is 0 Å². The van der Waals surface area contributed by atoms with Crippen LogP contribution in [-0.4, -0.2) is 25.6 Å². The van der Waals surface area contributed by atoms with E-state index in [0.717, 1.165) is 12.8 Å². The molecule has 0 radical (unpaired) electrons. The van der Waals surface area contributed by atoms with Gasteiger partial charge >= 0.3 is 0 Å². The number of rotatable bonds is 5. The van der Waals surface area contributed by atoms with Crippen LogP contribution in [0.4, 0.5) is 0 Å². The maximum atomic E-state index is 12.1. The monoisotopic (exact) mass is 262 g/mol. The Kier molecular flexibility index (Phi) is 5.40. The minimum absolute atomic E-state index is 0.00157. The molecule has 0 saturated heterocycles. The van der Waals surface area contributed by atoms with Gasteiger partial charge in [-0.1, -0.05) is 37.8 Å². The Hall–Kier alpha value is -1.35. The first kappa shape index (κ1) is 14.1. The molecule has 1 fully saturated rings. The van der Waals surface area contributed by atoms with Crippen molar-refractivity contribution in [2.75, 3.05) is 13.7 Å². The predicted molar refractivity (Wildman–Crippen MR) is 74.8 cm³/mol. The average molecular weight is 262 g/mol. The Balaban J connectivity index is 1.89. The first-order chi connectivity index (χ1) is 9.31. The van der Waals surface area contributed by atoms with Gasteiger partial charge in [-0.2, -0.15) is 0 Å². The minimum Gasteiger partial charge on any atom is -0.496 e. The van der Waals surface area contributed by atoms with Gasteiger partial charge in [-0.3, -0.25) is 4.79 Å². The highest BCUT2D eigenvalue weighted by molar-refractivity contribution is 5.99. The fourth-order valence-corrected chi connectivity index (χ4v) is 2.55. The van der Waals surface area contributed by atoms with E-state index in [1.165, 1.54) is 25.7 Å². The van der Waals surface area contributed by atoms with Crippen molar-refractivity contribution in [2.24, 2.45) is 0 Å². The first-order valence-corrected chi connectivity index (χ1v) is 7.09. The smallest absolute Gasteiger partial charge is 0.192 e. The van der Waals surface area contributed by atoms with Crippen LogP contribution in [0.1, 0.15) is 48.9 Å². The number of carbonyl (C=O) groups excluding carboxylic acids is 1. The summed E-state index contributed by atoms with van der Waals surface area (Å²) in [7, 11) is 1.58. The summed E-state index contributed by atoms with van der Waals surface area (Å²) in [5.74, 6) is 0.624. The van der Waals surface area contributed by atoms with Crippen molar-refractivity contribution in [1.29, 1.82) is 0 Å². The maximum absolute atomic E-state index is 12.1. The Morgan fingerprint density at radius 3 is 2.53 bits per heavy atom. The van der Waals surface area contributed by atoms with Gasteiger partial charge in [-0.05, 0) is 25.0 Å². The van der Waals surface area contributed by atoms with Gasteiger partial charge in [0, 0.05) is 0 Å². The number of benzene rings is 1. The molecule has 2 rings (SSSR count). The molecule has 0 unspecified atom stereocenters. The second-order valence-electron chi connectivity index (χ2n) is 5.05. The van der Waals surface area contributed by atoms with Crippen LogP contribution in [0.3, 0.4) is 0 Å². The topological polar surface area (TPSA) is 35.5 Å². The number of Topliss-reactive ketones (excluding diaryl/α,β-unsaturated/α-hetero) is 1. The van der Waals surface area contributed by atoms with E-state index in [0.29, 0.717) is 11.3 Å². The molecule has 0 N–H and O–H groups in total. The number of carbonyl (C=O) groups is 1. The van der Waals surface area contributed by atoms with E-state index < -0.39 is 0 Å².